The third-order valence-electron chi connectivity index (χ3n) is 4.57. The Labute approximate surface area is 173 Å². The van der Waals surface area contributed by atoms with Crippen molar-refractivity contribution in [1.82, 2.24) is 5.32 Å². The van der Waals surface area contributed by atoms with Gasteiger partial charge in [0.15, 0.2) is 6.10 Å². The monoisotopic (exact) mass is 430 g/mol. The molecule has 0 saturated carbocycles. The van der Waals surface area contributed by atoms with Crippen LogP contribution in [0.2, 0.25) is 0 Å². The number of aryl methyl sites for hydroxylation is 1. The summed E-state index contributed by atoms with van der Waals surface area (Å²) < 4.78 is 33.4. The molecular weight excluding hydrogens is 408 g/mol. The van der Waals surface area contributed by atoms with Crippen molar-refractivity contribution in [1.29, 1.82) is 0 Å². The summed E-state index contributed by atoms with van der Waals surface area (Å²) in [6.07, 6.45) is -0.243. The Morgan fingerprint density at radius 3 is 2.53 bits per heavy atom. The summed E-state index contributed by atoms with van der Waals surface area (Å²) in [5.74, 6) is 0.111. The number of sulfonamides is 1. The molecule has 30 heavy (non-hydrogen) atoms. The third kappa shape index (κ3) is 5.25. The summed E-state index contributed by atoms with van der Waals surface area (Å²) in [6.45, 7) is 3.79. The number of fused-ring (bicyclic) bond motifs is 1. The highest BCUT2D eigenvalue weighted by atomic mass is 32.2. The quantitative estimate of drug-likeness (QED) is 0.551. The largest absolute Gasteiger partial charge is 0.481 e. The van der Waals surface area contributed by atoms with E-state index in [1.54, 1.807) is 37.3 Å². The van der Waals surface area contributed by atoms with Crippen molar-refractivity contribution in [2.24, 2.45) is 5.14 Å². The van der Waals surface area contributed by atoms with Gasteiger partial charge in [-0.05, 0) is 55.7 Å². The summed E-state index contributed by atoms with van der Waals surface area (Å²) in [5.41, 5.74) is 1.61. The van der Waals surface area contributed by atoms with Gasteiger partial charge in [0, 0.05) is 24.1 Å². The van der Waals surface area contributed by atoms with E-state index in [4.69, 9.17) is 14.3 Å². The Bertz CT molecular complexity index is 1230. The molecule has 8 nitrogen and oxygen atoms in total. The smallest absolute Gasteiger partial charge is 0.336 e. The standard InChI is InChI=1S/C21H22N2O6S/c1-13-11-20(24)29-19-12-16(5-8-18(13)19)28-14(2)21(25)23-10-9-15-3-6-17(7-4-15)30(22,26)27/h3-8,11-12,14H,9-10H2,1-2H3,(H,23,25)(H2,22,26,27)/t14-/m1/s1. The molecule has 0 bridgehead atoms. The molecule has 0 unspecified atom stereocenters. The maximum atomic E-state index is 12.3. The minimum atomic E-state index is -3.72. The summed E-state index contributed by atoms with van der Waals surface area (Å²) in [7, 11) is -3.72. The Hall–Kier alpha value is -3.17. The number of ether oxygens (including phenoxy) is 1. The molecule has 1 aromatic heterocycles. The highest BCUT2D eigenvalue weighted by molar-refractivity contribution is 7.89. The van der Waals surface area contributed by atoms with Gasteiger partial charge in [-0.3, -0.25) is 4.79 Å². The van der Waals surface area contributed by atoms with Crippen LogP contribution in [0.3, 0.4) is 0 Å². The fourth-order valence-corrected chi connectivity index (χ4v) is 3.47. The number of amides is 1. The molecule has 0 aliphatic carbocycles. The van der Waals surface area contributed by atoms with Crippen LogP contribution in [0.5, 0.6) is 5.75 Å². The highest BCUT2D eigenvalue weighted by Gasteiger charge is 2.15. The lowest BCUT2D eigenvalue weighted by atomic mass is 10.1. The number of nitrogens with two attached hydrogens (primary N) is 1. The fraction of sp³-hybridized carbons (Fsp3) is 0.238. The molecule has 3 aromatic rings. The molecule has 0 spiro atoms. The topological polar surface area (TPSA) is 129 Å². The Kier molecular flexibility index (Phi) is 6.23. The van der Waals surface area contributed by atoms with Crippen LogP contribution >= 0.6 is 0 Å². The Balaban J connectivity index is 1.56. The number of primary sulfonamides is 1. The molecule has 2 aromatic carbocycles. The van der Waals surface area contributed by atoms with Gasteiger partial charge in [-0.25, -0.2) is 18.4 Å². The molecule has 0 radical (unpaired) electrons. The lowest BCUT2D eigenvalue weighted by molar-refractivity contribution is -0.127. The zero-order valence-corrected chi connectivity index (χ0v) is 17.4. The van der Waals surface area contributed by atoms with Gasteiger partial charge in [0.1, 0.15) is 11.3 Å². The maximum Gasteiger partial charge on any atom is 0.336 e. The first kappa shape index (κ1) is 21.5. The molecule has 0 fully saturated rings. The normalized spacial score (nSPS) is 12.5. The molecule has 9 heteroatoms. The number of rotatable bonds is 7. The SMILES string of the molecule is Cc1cc(=O)oc2cc(O[C@H](C)C(=O)NCCc3ccc(S(N)(=O)=O)cc3)ccc12. The fourth-order valence-electron chi connectivity index (χ4n) is 2.96. The first-order chi connectivity index (χ1) is 14.1. The molecule has 158 valence electrons. The molecule has 1 atom stereocenters. The summed E-state index contributed by atoms with van der Waals surface area (Å²) in [6, 6.07) is 12.6. The van der Waals surface area contributed by atoms with Gasteiger partial charge in [0.25, 0.3) is 5.91 Å². The van der Waals surface area contributed by atoms with Crippen molar-refractivity contribution in [2.75, 3.05) is 6.54 Å². The first-order valence-corrected chi connectivity index (χ1v) is 10.8. The van der Waals surface area contributed by atoms with Crippen LogP contribution in [0.25, 0.3) is 11.0 Å². The van der Waals surface area contributed by atoms with Gasteiger partial charge in [0.2, 0.25) is 10.0 Å². The van der Waals surface area contributed by atoms with Gasteiger partial charge in [-0.1, -0.05) is 12.1 Å². The van der Waals surface area contributed by atoms with E-state index in [1.165, 1.54) is 18.2 Å². The van der Waals surface area contributed by atoms with E-state index in [0.29, 0.717) is 24.3 Å². The number of carbonyl (C=O) groups excluding carboxylic acids is 1. The number of hydrogen-bond donors (Lipinski definition) is 2. The zero-order chi connectivity index (χ0) is 21.9. The van der Waals surface area contributed by atoms with E-state index in [0.717, 1.165) is 16.5 Å². The first-order valence-electron chi connectivity index (χ1n) is 9.24. The minimum absolute atomic E-state index is 0.0405. The molecule has 0 saturated heterocycles. The van der Waals surface area contributed by atoms with E-state index >= 15 is 0 Å². The van der Waals surface area contributed by atoms with Crippen molar-refractivity contribution in [3.8, 4) is 5.75 Å². The van der Waals surface area contributed by atoms with Crippen LogP contribution in [-0.2, 0) is 21.2 Å². The van der Waals surface area contributed by atoms with Crippen LogP contribution < -0.4 is 20.8 Å². The van der Waals surface area contributed by atoms with Gasteiger partial charge in [-0.15, -0.1) is 0 Å². The lowest BCUT2D eigenvalue weighted by Gasteiger charge is -2.15. The van der Waals surface area contributed by atoms with Crippen LogP contribution in [0.1, 0.15) is 18.1 Å². The second-order valence-corrected chi connectivity index (χ2v) is 8.46. The van der Waals surface area contributed by atoms with Crippen molar-refractivity contribution in [3.05, 3.63) is 70.1 Å². The van der Waals surface area contributed by atoms with Crippen LogP contribution in [0.4, 0.5) is 0 Å². The number of nitrogens with one attached hydrogen (secondary N) is 1. The van der Waals surface area contributed by atoms with Gasteiger partial charge in [-0.2, -0.15) is 0 Å². The highest BCUT2D eigenvalue weighted by Crippen LogP contribution is 2.23. The molecule has 0 aliphatic heterocycles. The molecule has 0 aliphatic rings. The summed E-state index contributed by atoms with van der Waals surface area (Å²) in [5, 5.41) is 8.64. The van der Waals surface area contributed by atoms with Gasteiger partial charge < -0.3 is 14.5 Å². The summed E-state index contributed by atoms with van der Waals surface area (Å²) >= 11 is 0. The minimum Gasteiger partial charge on any atom is -0.481 e. The second-order valence-electron chi connectivity index (χ2n) is 6.90. The van der Waals surface area contributed by atoms with Crippen LogP contribution in [0, 0.1) is 6.92 Å². The summed E-state index contributed by atoms with van der Waals surface area (Å²) in [4.78, 5) is 23.9. The zero-order valence-electron chi connectivity index (χ0n) is 16.5. The predicted molar refractivity (Wildman–Crippen MR) is 112 cm³/mol. The average Bonchev–Trinajstić information content (AvgIpc) is 2.67. The third-order valence-corrected chi connectivity index (χ3v) is 5.50. The van der Waals surface area contributed by atoms with E-state index in [2.05, 4.69) is 5.32 Å². The van der Waals surface area contributed by atoms with Crippen LogP contribution in [0.15, 0.2) is 62.6 Å². The number of hydrogen-bond acceptors (Lipinski definition) is 6. The van der Waals surface area contributed by atoms with E-state index in [-0.39, 0.29) is 10.8 Å². The molecule has 1 amide bonds. The Morgan fingerprint density at radius 1 is 1.17 bits per heavy atom. The Morgan fingerprint density at radius 2 is 1.87 bits per heavy atom. The van der Waals surface area contributed by atoms with E-state index in [9.17, 15) is 18.0 Å². The van der Waals surface area contributed by atoms with Crippen molar-refractivity contribution in [3.63, 3.8) is 0 Å². The lowest BCUT2D eigenvalue weighted by Crippen LogP contribution is -2.37. The van der Waals surface area contributed by atoms with Crippen molar-refractivity contribution < 1.29 is 22.4 Å². The molecule has 3 N–H and O–H groups in total. The van der Waals surface area contributed by atoms with E-state index in [1.807, 2.05) is 6.92 Å². The second kappa shape index (κ2) is 8.68. The molecular formula is C21H22N2O6S. The number of carbonyl (C=O) groups is 1. The molecule has 1 heterocycles. The van der Waals surface area contributed by atoms with Crippen molar-refractivity contribution >= 4 is 26.9 Å². The number of benzene rings is 2. The molecule has 3 rings (SSSR count). The van der Waals surface area contributed by atoms with Crippen LogP contribution in [-0.4, -0.2) is 27.0 Å². The van der Waals surface area contributed by atoms with Crippen molar-refractivity contribution in [2.45, 2.75) is 31.3 Å². The average molecular weight is 430 g/mol. The maximum absolute atomic E-state index is 12.3. The van der Waals surface area contributed by atoms with Gasteiger partial charge >= 0.3 is 5.63 Å². The van der Waals surface area contributed by atoms with Gasteiger partial charge in [0.05, 0.1) is 4.90 Å². The van der Waals surface area contributed by atoms with E-state index < -0.39 is 21.8 Å². The predicted octanol–water partition coefficient (Wildman–Crippen LogP) is 1.88.